The molecule has 5 heteroatoms. The third-order valence-electron chi connectivity index (χ3n) is 4.65. The van der Waals surface area contributed by atoms with Gasteiger partial charge in [-0.2, -0.15) is 0 Å². The Bertz CT molecular complexity index is 629. The maximum absolute atomic E-state index is 13.1. The van der Waals surface area contributed by atoms with Crippen LogP contribution in [0.5, 0.6) is 5.75 Å². The topological polar surface area (TPSA) is 49.9 Å². The first kappa shape index (κ1) is 18.8. The summed E-state index contributed by atoms with van der Waals surface area (Å²) in [5.74, 6) is 0.552. The molecule has 0 bridgehead atoms. The summed E-state index contributed by atoms with van der Waals surface area (Å²) in [7, 11) is 3.38. The normalized spacial score (nSPS) is 20.1. The van der Waals surface area contributed by atoms with Crippen LogP contribution in [0.25, 0.3) is 0 Å². The number of amides is 2. The number of nitrogens with zero attached hydrogens (tertiary/aromatic N) is 2. The van der Waals surface area contributed by atoms with Crippen LogP contribution in [-0.2, 0) is 9.59 Å². The van der Waals surface area contributed by atoms with Gasteiger partial charge in [-0.1, -0.05) is 24.3 Å². The van der Waals surface area contributed by atoms with E-state index in [9.17, 15) is 9.59 Å². The van der Waals surface area contributed by atoms with Crippen molar-refractivity contribution in [1.82, 2.24) is 9.80 Å². The molecule has 0 radical (unpaired) electrons. The molecule has 1 aliphatic heterocycles. The monoisotopic (exact) mass is 342 g/mol. The van der Waals surface area contributed by atoms with E-state index < -0.39 is 0 Å². The van der Waals surface area contributed by atoms with E-state index in [-0.39, 0.29) is 23.8 Å². The first-order chi connectivity index (χ1) is 12.0. The zero-order valence-corrected chi connectivity index (χ0v) is 15.0. The number of carbonyl (C=O) groups is 2. The zero-order chi connectivity index (χ0) is 18.4. The Balaban J connectivity index is 2.34. The molecule has 0 saturated carbocycles. The quantitative estimate of drug-likeness (QED) is 0.716. The van der Waals surface area contributed by atoms with Gasteiger partial charge in [-0.25, -0.2) is 0 Å². The highest BCUT2D eigenvalue weighted by atomic mass is 16.5. The SMILES string of the molecule is C=CCN(CC=C)C(=O)[C@@H]1CCC(=O)N(C)[C@H]1c1ccc(OC)cc1. The first-order valence-corrected chi connectivity index (χ1v) is 8.43. The van der Waals surface area contributed by atoms with Crippen LogP contribution in [0.1, 0.15) is 24.4 Å². The molecule has 1 aromatic carbocycles. The molecule has 0 aromatic heterocycles. The van der Waals surface area contributed by atoms with Gasteiger partial charge in [0.2, 0.25) is 11.8 Å². The third-order valence-corrected chi connectivity index (χ3v) is 4.65. The van der Waals surface area contributed by atoms with Crippen LogP contribution < -0.4 is 4.74 Å². The van der Waals surface area contributed by atoms with Crippen LogP contribution in [0.2, 0.25) is 0 Å². The Morgan fingerprint density at radius 2 is 1.88 bits per heavy atom. The maximum Gasteiger partial charge on any atom is 0.228 e. The molecule has 2 amide bonds. The van der Waals surface area contributed by atoms with Gasteiger partial charge in [0.15, 0.2) is 0 Å². The van der Waals surface area contributed by atoms with Crippen LogP contribution in [0.4, 0.5) is 0 Å². The average molecular weight is 342 g/mol. The van der Waals surface area contributed by atoms with E-state index in [1.807, 2.05) is 24.3 Å². The Morgan fingerprint density at radius 1 is 1.28 bits per heavy atom. The Hall–Kier alpha value is -2.56. The van der Waals surface area contributed by atoms with E-state index in [0.717, 1.165) is 11.3 Å². The van der Waals surface area contributed by atoms with Gasteiger partial charge in [-0.15, -0.1) is 13.2 Å². The number of hydrogen-bond donors (Lipinski definition) is 0. The molecule has 0 aliphatic carbocycles. The number of piperidine rings is 1. The molecule has 2 rings (SSSR count). The van der Waals surface area contributed by atoms with E-state index in [1.165, 1.54) is 0 Å². The van der Waals surface area contributed by atoms with Gasteiger partial charge >= 0.3 is 0 Å². The second kappa shape index (κ2) is 8.51. The second-order valence-electron chi connectivity index (χ2n) is 6.19. The largest absolute Gasteiger partial charge is 0.497 e. The molecule has 2 atom stereocenters. The lowest BCUT2D eigenvalue weighted by Gasteiger charge is -2.40. The lowest BCUT2D eigenvalue weighted by molar-refractivity contribution is -0.146. The fraction of sp³-hybridized carbons (Fsp3) is 0.400. The van der Waals surface area contributed by atoms with E-state index >= 15 is 0 Å². The zero-order valence-electron chi connectivity index (χ0n) is 15.0. The number of hydrogen-bond acceptors (Lipinski definition) is 3. The molecule has 1 saturated heterocycles. The van der Waals surface area contributed by atoms with Gasteiger partial charge < -0.3 is 14.5 Å². The molecular weight excluding hydrogens is 316 g/mol. The fourth-order valence-corrected chi connectivity index (χ4v) is 3.35. The number of likely N-dealkylation sites (tertiary alicyclic amines) is 1. The number of ether oxygens (including phenoxy) is 1. The summed E-state index contributed by atoms with van der Waals surface area (Å²) in [6.07, 6.45) is 4.35. The van der Waals surface area contributed by atoms with Crippen molar-refractivity contribution in [2.75, 3.05) is 27.2 Å². The molecule has 25 heavy (non-hydrogen) atoms. The molecule has 134 valence electrons. The highest BCUT2D eigenvalue weighted by molar-refractivity contribution is 5.85. The minimum absolute atomic E-state index is 0.0277. The second-order valence-corrected chi connectivity index (χ2v) is 6.19. The van der Waals surface area contributed by atoms with E-state index in [2.05, 4.69) is 13.2 Å². The van der Waals surface area contributed by atoms with Gasteiger partial charge in [0.1, 0.15) is 5.75 Å². The van der Waals surface area contributed by atoms with Crippen molar-refractivity contribution >= 4 is 11.8 Å². The summed E-state index contributed by atoms with van der Waals surface area (Å²) in [6, 6.07) is 7.27. The third kappa shape index (κ3) is 4.10. The van der Waals surface area contributed by atoms with E-state index in [1.54, 1.807) is 36.1 Å². The summed E-state index contributed by atoms with van der Waals surface area (Å²) in [5.41, 5.74) is 0.937. The molecule has 1 heterocycles. The molecule has 0 unspecified atom stereocenters. The summed E-state index contributed by atoms with van der Waals surface area (Å²) in [6.45, 7) is 8.39. The molecule has 1 aliphatic rings. The van der Waals surface area contributed by atoms with Crippen LogP contribution in [0, 0.1) is 5.92 Å². The fourth-order valence-electron chi connectivity index (χ4n) is 3.35. The first-order valence-electron chi connectivity index (χ1n) is 8.43. The van der Waals surface area contributed by atoms with Crippen LogP contribution in [0.3, 0.4) is 0 Å². The molecule has 0 spiro atoms. The van der Waals surface area contributed by atoms with Gasteiger partial charge in [0, 0.05) is 26.6 Å². The minimum atomic E-state index is -0.281. The Morgan fingerprint density at radius 3 is 2.40 bits per heavy atom. The van der Waals surface area contributed by atoms with Gasteiger partial charge in [0.25, 0.3) is 0 Å². The van der Waals surface area contributed by atoms with Gasteiger partial charge in [-0.3, -0.25) is 9.59 Å². The Labute approximate surface area is 149 Å². The van der Waals surface area contributed by atoms with Gasteiger partial charge in [0.05, 0.1) is 19.1 Å². The molecule has 1 fully saturated rings. The number of rotatable bonds is 7. The van der Waals surface area contributed by atoms with Crippen molar-refractivity contribution in [3.05, 3.63) is 55.1 Å². The summed E-state index contributed by atoms with van der Waals surface area (Å²) in [4.78, 5) is 28.8. The van der Waals surface area contributed by atoms with Crippen LogP contribution >= 0.6 is 0 Å². The number of methoxy groups -OCH3 is 1. The van der Waals surface area contributed by atoms with Crippen molar-refractivity contribution in [2.45, 2.75) is 18.9 Å². The van der Waals surface area contributed by atoms with Crippen molar-refractivity contribution in [3.63, 3.8) is 0 Å². The highest BCUT2D eigenvalue weighted by Crippen LogP contribution is 2.37. The highest BCUT2D eigenvalue weighted by Gasteiger charge is 2.40. The molecule has 5 nitrogen and oxygen atoms in total. The van der Waals surface area contributed by atoms with E-state index in [0.29, 0.717) is 25.9 Å². The van der Waals surface area contributed by atoms with E-state index in [4.69, 9.17) is 4.74 Å². The predicted octanol–water partition coefficient (Wildman–Crippen LogP) is 2.81. The summed E-state index contributed by atoms with van der Waals surface area (Å²) >= 11 is 0. The van der Waals surface area contributed by atoms with Crippen LogP contribution in [0.15, 0.2) is 49.6 Å². The molecular formula is C20H26N2O3. The lowest BCUT2D eigenvalue weighted by atomic mass is 9.83. The van der Waals surface area contributed by atoms with Crippen molar-refractivity contribution in [1.29, 1.82) is 0 Å². The Kier molecular flexibility index (Phi) is 6.39. The van der Waals surface area contributed by atoms with Crippen LogP contribution in [-0.4, -0.2) is 48.9 Å². The van der Waals surface area contributed by atoms with Crippen molar-refractivity contribution in [3.8, 4) is 5.75 Å². The average Bonchev–Trinajstić information content (AvgIpc) is 2.63. The summed E-state index contributed by atoms with van der Waals surface area (Å²) < 4.78 is 5.20. The van der Waals surface area contributed by atoms with Crippen molar-refractivity contribution in [2.24, 2.45) is 5.92 Å². The summed E-state index contributed by atoms with van der Waals surface area (Å²) in [5, 5.41) is 0. The van der Waals surface area contributed by atoms with Gasteiger partial charge in [-0.05, 0) is 24.1 Å². The smallest absolute Gasteiger partial charge is 0.228 e. The standard InChI is InChI=1S/C20H26N2O3/c1-5-13-22(14-6-2)20(24)17-11-12-18(23)21(3)19(17)15-7-9-16(25-4)10-8-15/h5-10,17,19H,1-2,11-14H2,3-4H3/t17-,19+/m1/s1. The minimum Gasteiger partial charge on any atom is -0.497 e. The predicted molar refractivity (Wildman–Crippen MR) is 98.2 cm³/mol. The number of benzene rings is 1. The maximum atomic E-state index is 13.1. The van der Waals surface area contributed by atoms with Crippen molar-refractivity contribution < 1.29 is 14.3 Å². The lowest BCUT2D eigenvalue weighted by Crippen LogP contribution is -2.47. The molecule has 1 aromatic rings. The number of carbonyl (C=O) groups excluding carboxylic acids is 2. The molecule has 0 N–H and O–H groups in total.